The highest BCUT2D eigenvalue weighted by Gasteiger charge is 1.93. The maximum absolute atomic E-state index is 3.34. The third-order valence-corrected chi connectivity index (χ3v) is 0.934. The van der Waals surface area contributed by atoms with E-state index in [0.717, 1.165) is 12.5 Å². The van der Waals surface area contributed by atoms with E-state index in [2.05, 4.69) is 33.9 Å². The Balaban J connectivity index is 2.93. The smallest absolute Gasteiger partial charge is 0.123 e. The van der Waals surface area contributed by atoms with E-state index in [1.807, 2.05) is 0 Å². The summed E-state index contributed by atoms with van der Waals surface area (Å²) in [7, 11) is 2.17. The van der Waals surface area contributed by atoms with Crippen LogP contribution in [0.5, 0.6) is 0 Å². The van der Waals surface area contributed by atoms with Crippen LogP contribution < -0.4 is 5.32 Å². The van der Waals surface area contributed by atoms with E-state index < -0.39 is 0 Å². The third-order valence-electron chi connectivity index (χ3n) is 0.934. The van der Waals surface area contributed by atoms with Crippen LogP contribution in [0.3, 0.4) is 0 Å². The zero-order valence-electron chi connectivity index (χ0n) is 6.36. The Morgan fingerprint density at radius 2 is 1.88 bits per heavy atom. The van der Waals surface area contributed by atoms with Gasteiger partial charge in [-0.05, 0) is 18.4 Å². The van der Waals surface area contributed by atoms with E-state index in [1.165, 1.54) is 0 Å². The van der Waals surface area contributed by atoms with E-state index in [4.69, 9.17) is 0 Å². The standard InChI is InChI=1S/C6H16BN/c1-5(2)4-8-6(3)7/h5-6,8H,4,7H2,1-3H3. The van der Waals surface area contributed by atoms with Gasteiger partial charge in [0.05, 0.1) is 0 Å². The monoisotopic (exact) mass is 113 g/mol. The highest BCUT2D eigenvalue weighted by Crippen LogP contribution is 1.86. The topological polar surface area (TPSA) is 12.0 Å². The van der Waals surface area contributed by atoms with E-state index in [0.29, 0.717) is 5.94 Å². The second-order valence-corrected chi connectivity index (χ2v) is 2.96. The van der Waals surface area contributed by atoms with Gasteiger partial charge in [0.15, 0.2) is 0 Å². The Kier molecular flexibility index (Phi) is 3.97. The molecule has 0 aromatic carbocycles. The second-order valence-electron chi connectivity index (χ2n) is 2.96. The molecule has 0 aliphatic carbocycles. The first-order valence-electron chi connectivity index (χ1n) is 3.36. The van der Waals surface area contributed by atoms with Crippen LogP contribution in [0.15, 0.2) is 0 Å². The summed E-state index contributed by atoms with van der Waals surface area (Å²) in [4.78, 5) is 0. The van der Waals surface area contributed by atoms with Crippen molar-refractivity contribution in [2.75, 3.05) is 6.54 Å². The summed E-state index contributed by atoms with van der Waals surface area (Å²) in [5.74, 6) is 1.41. The van der Waals surface area contributed by atoms with Crippen molar-refractivity contribution >= 4 is 7.85 Å². The summed E-state index contributed by atoms with van der Waals surface area (Å²) in [6.07, 6.45) is 0. The molecule has 0 radical (unpaired) electrons. The Bertz CT molecular complexity index is 44.5. The van der Waals surface area contributed by atoms with E-state index in [9.17, 15) is 0 Å². The van der Waals surface area contributed by atoms with Crippen LogP contribution in [0.25, 0.3) is 0 Å². The molecular formula is C6H16BN. The van der Waals surface area contributed by atoms with Gasteiger partial charge in [0.1, 0.15) is 7.85 Å². The van der Waals surface area contributed by atoms with E-state index >= 15 is 0 Å². The minimum absolute atomic E-state index is 0.636. The van der Waals surface area contributed by atoms with Crippen LogP contribution >= 0.6 is 0 Å². The minimum atomic E-state index is 0.636. The molecule has 0 aliphatic heterocycles. The molecule has 0 saturated carbocycles. The molecule has 0 amide bonds. The lowest BCUT2D eigenvalue weighted by Crippen LogP contribution is -2.29. The fourth-order valence-corrected chi connectivity index (χ4v) is 0.471. The number of rotatable bonds is 3. The summed E-state index contributed by atoms with van der Waals surface area (Å²) >= 11 is 0. The lowest BCUT2D eigenvalue weighted by Gasteiger charge is -2.09. The normalized spacial score (nSPS) is 14.5. The Hall–Kier alpha value is 0.0249. The minimum Gasteiger partial charge on any atom is -0.322 e. The lowest BCUT2D eigenvalue weighted by molar-refractivity contribution is 0.547. The Labute approximate surface area is 53.3 Å². The average Bonchev–Trinajstić information content (AvgIpc) is 1.61. The molecule has 2 heteroatoms. The molecule has 0 aliphatic rings. The predicted octanol–water partition coefficient (Wildman–Crippen LogP) is 0.211. The maximum atomic E-state index is 3.34. The second kappa shape index (κ2) is 3.96. The van der Waals surface area contributed by atoms with Gasteiger partial charge in [0.25, 0.3) is 0 Å². The van der Waals surface area contributed by atoms with E-state index in [1.54, 1.807) is 0 Å². The fraction of sp³-hybridized carbons (Fsp3) is 1.00. The number of hydrogen-bond donors (Lipinski definition) is 1. The largest absolute Gasteiger partial charge is 0.322 e. The summed E-state index contributed by atoms with van der Waals surface area (Å²) in [6, 6.07) is 0. The van der Waals surface area contributed by atoms with Crippen molar-refractivity contribution in [3.8, 4) is 0 Å². The Morgan fingerprint density at radius 3 is 2.00 bits per heavy atom. The summed E-state index contributed by atoms with van der Waals surface area (Å²) in [5, 5.41) is 3.34. The van der Waals surface area contributed by atoms with Gasteiger partial charge in [0.2, 0.25) is 0 Å². The van der Waals surface area contributed by atoms with Gasteiger partial charge < -0.3 is 5.32 Å². The van der Waals surface area contributed by atoms with Crippen molar-refractivity contribution in [2.45, 2.75) is 26.7 Å². The summed E-state index contributed by atoms with van der Waals surface area (Å²) in [6.45, 7) is 7.74. The summed E-state index contributed by atoms with van der Waals surface area (Å²) < 4.78 is 0. The lowest BCUT2D eigenvalue weighted by atomic mass is 9.99. The van der Waals surface area contributed by atoms with Gasteiger partial charge in [0, 0.05) is 0 Å². The first-order valence-corrected chi connectivity index (χ1v) is 3.36. The quantitative estimate of drug-likeness (QED) is 0.516. The maximum Gasteiger partial charge on any atom is 0.123 e. The van der Waals surface area contributed by atoms with Crippen LogP contribution in [-0.4, -0.2) is 20.3 Å². The highest BCUT2D eigenvalue weighted by molar-refractivity contribution is 6.11. The summed E-state index contributed by atoms with van der Waals surface area (Å²) in [5.41, 5.74) is 0. The van der Waals surface area contributed by atoms with Gasteiger partial charge >= 0.3 is 0 Å². The van der Waals surface area contributed by atoms with Crippen molar-refractivity contribution in [3.63, 3.8) is 0 Å². The van der Waals surface area contributed by atoms with Crippen LogP contribution in [-0.2, 0) is 0 Å². The Morgan fingerprint density at radius 1 is 1.38 bits per heavy atom. The van der Waals surface area contributed by atoms with Crippen molar-refractivity contribution in [1.29, 1.82) is 0 Å². The molecule has 0 heterocycles. The van der Waals surface area contributed by atoms with Gasteiger partial charge in [-0.15, -0.1) is 0 Å². The zero-order valence-corrected chi connectivity index (χ0v) is 6.36. The van der Waals surface area contributed by atoms with Crippen molar-refractivity contribution < 1.29 is 0 Å². The predicted molar refractivity (Wildman–Crippen MR) is 40.8 cm³/mol. The molecule has 0 saturated heterocycles. The van der Waals surface area contributed by atoms with Gasteiger partial charge in [-0.25, -0.2) is 0 Å². The number of nitrogens with one attached hydrogen (secondary N) is 1. The first kappa shape index (κ1) is 8.02. The molecule has 0 fully saturated rings. The SMILES string of the molecule is BC(C)NCC(C)C. The average molecular weight is 113 g/mol. The van der Waals surface area contributed by atoms with Crippen molar-refractivity contribution in [2.24, 2.45) is 5.92 Å². The van der Waals surface area contributed by atoms with Crippen LogP contribution in [0, 0.1) is 5.92 Å². The molecule has 0 rings (SSSR count). The molecule has 48 valence electrons. The van der Waals surface area contributed by atoms with Gasteiger partial charge in [-0.3, -0.25) is 0 Å². The highest BCUT2D eigenvalue weighted by atomic mass is 14.9. The number of hydrogen-bond acceptors (Lipinski definition) is 1. The van der Waals surface area contributed by atoms with Gasteiger partial charge in [-0.2, -0.15) is 0 Å². The van der Waals surface area contributed by atoms with E-state index in [-0.39, 0.29) is 0 Å². The molecule has 0 bridgehead atoms. The molecule has 1 atom stereocenters. The molecule has 1 nitrogen and oxygen atoms in total. The molecule has 0 aromatic heterocycles. The zero-order chi connectivity index (χ0) is 6.57. The third kappa shape index (κ3) is 6.02. The molecular weight excluding hydrogens is 96.9 g/mol. The van der Waals surface area contributed by atoms with Crippen LogP contribution in [0.4, 0.5) is 0 Å². The van der Waals surface area contributed by atoms with Crippen LogP contribution in [0.2, 0.25) is 0 Å². The molecule has 1 N–H and O–H groups in total. The fourth-order valence-electron chi connectivity index (χ4n) is 0.471. The first-order chi connectivity index (χ1) is 3.63. The molecule has 0 spiro atoms. The van der Waals surface area contributed by atoms with Gasteiger partial charge in [-0.1, -0.05) is 20.8 Å². The van der Waals surface area contributed by atoms with Crippen LogP contribution in [0.1, 0.15) is 20.8 Å². The van der Waals surface area contributed by atoms with Crippen molar-refractivity contribution in [1.82, 2.24) is 5.32 Å². The molecule has 1 unspecified atom stereocenters. The molecule has 0 aromatic rings. The molecule has 8 heavy (non-hydrogen) atoms. The van der Waals surface area contributed by atoms with Crippen molar-refractivity contribution in [3.05, 3.63) is 0 Å².